The Morgan fingerprint density at radius 1 is 0.881 bits per heavy atom. The number of aromatic nitrogens is 1. The maximum Gasteiger partial charge on any atom is 0.272 e. The number of halogens is 1. The highest BCUT2D eigenvalue weighted by atomic mass is 35.5. The number of thiazole rings is 1. The first-order valence-corrected chi connectivity index (χ1v) is 15.8. The van der Waals surface area contributed by atoms with Gasteiger partial charge in [-0.15, -0.1) is 23.1 Å². The zero-order valence-electron chi connectivity index (χ0n) is 21.9. The van der Waals surface area contributed by atoms with Crippen LogP contribution in [0.3, 0.4) is 0 Å². The van der Waals surface area contributed by atoms with Crippen LogP contribution >= 0.6 is 46.0 Å². The van der Waals surface area contributed by atoms with Gasteiger partial charge >= 0.3 is 0 Å². The predicted octanol–water partition coefficient (Wildman–Crippen LogP) is 7.67. The molecule has 11 heteroatoms. The Balaban J connectivity index is 1.15. The quantitative estimate of drug-likeness (QED) is 0.109. The maximum atomic E-state index is 13.1. The van der Waals surface area contributed by atoms with Crippen molar-refractivity contribution >= 4 is 80.7 Å². The van der Waals surface area contributed by atoms with Crippen LogP contribution in [-0.4, -0.2) is 28.5 Å². The molecule has 3 aromatic carbocycles. The molecule has 210 valence electrons. The SMILES string of the molecule is O=C(CSc1ccc(NC(=O)/C(=C/c2ccsc2)NC(=O)c2ccccc2)cc1)Nc1nc(-c2ccc(Cl)cc2)cs1. The van der Waals surface area contributed by atoms with Crippen molar-refractivity contribution in [2.24, 2.45) is 0 Å². The van der Waals surface area contributed by atoms with Crippen molar-refractivity contribution < 1.29 is 14.4 Å². The second kappa shape index (κ2) is 14.1. The summed E-state index contributed by atoms with van der Waals surface area (Å²) in [5.74, 6) is -0.810. The fourth-order valence-corrected chi connectivity index (χ4v) is 5.87. The van der Waals surface area contributed by atoms with Gasteiger partial charge in [-0.05, 0) is 77.0 Å². The first-order chi connectivity index (χ1) is 20.4. The van der Waals surface area contributed by atoms with Crippen molar-refractivity contribution in [1.29, 1.82) is 0 Å². The standard InChI is InChI=1S/C31H23ClN4O3S3/c32-23-8-6-21(7-9-23)27-18-42-31(35-27)36-28(37)19-41-25-12-10-24(11-13-25)33-30(39)26(16-20-14-15-40-17-20)34-29(38)22-4-2-1-3-5-22/h1-18H,19H2,(H,33,39)(H,34,38)(H,35,36,37)/b26-16-. The summed E-state index contributed by atoms with van der Waals surface area (Å²) in [6.45, 7) is 0. The summed E-state index contributed by atoms with van der Waals surface area (Å²) >= 11 is 10.2. The Morgan fingerprint density at radius 3 is 2.36 bits per heavy atom. The van der Waals surface area contributed by atoms with Gasteiger partial charge in [-0.2, -0.15) is 11.3 Å². The van der Waals surface area contributed by atoms with Crippen LogP contribution in [0.1, 0.15) is 15.9 Å². The highest BCUT2D eigenvalue weighted by Crippen LogP contribution is 2.27. The highest BCUT2D eigenvalue weighted by molar-refractivity contribution is 8.00. The summed E-state index contributed by atoms with van der Waals surface area (Å²) in [5.41, 5.74) is 3.62. The van der Waals surface area contributed by atoms with Gasteiger partial charge in [-0.25, -0.2) is 4.98 Å². The molecule has 5 rings (SSSR count). The Bertz CT molecular complexity index is 1700. The van der Waals surface area contributed by atoms with Crippen LogP contribution in [0.2, 0.25) is 5.02 Å². The smallest absolute Gasteiger partial charge is 0.272 e. The van der Waals surface area contributed by atoms with Crippen LogP contribution in [0.5, 0.6) is 0 Å². The molecule has 7 nitrogen and oxygen atoms in total. The van der Waals surface area contributed by atoms with E-state index >= 15 is 0 Å². The summed E-state index contributed by atoms with van der Waals surface area (Å²) < 4.78 is 0. The van der Waals surface area contributed by atoms with Gasteiger partial charge in [0.15, 0.2) is 5.13 Å². The lowest BCUT2D eigenvalue weighted by atomic mass is 10.2. The van der Waals surface area contributed by atoms with E-state index in [2.05, 4.69) is 20.9 Å². The minimum Gasteiger partial charge on any atom is -0.321 e. The lowest BCUT2D eigenvalue weighted by molar-refractivity contribution is -0.114. The van der Waals surface area contributed by atoms with Gasteiger partial charge in [0.2, 0.25) is 5.91 Å². The van der Waals surface area contributed by atoms with Crippen molar-refractivity contribution in [2.75, 3.05) is 16.4 Å². The summed E-state index contributed by atoms with van der Waals surface area (Å²) in [6.07, 6.45) is 1.64. The Labute approximate surface area is 259 Å². The molecule has 2 heterocycles. The van der Waals surface area contributed by atoms with E-state index in [0.29, 0.717) is 21.4 Å². The highest BCUT2D eigenvalue weighted by Gasteiger charge is 2.15. The largest absolute Gasteiger partial charge is 0.321 e. The van der Waals surface area contributed by atoms with Crippen LogP contribution in [0.25, 0.3) is 17.3 Å². The fourth-order valence-electron chi connectivity index (χ4n) is 3.69. The molecule has 0 aliphatic rings. The van der Waals surface area contributed by atoms with Gasteiger partial charge in [0, 0.05) is 32.1 Å². The van der Waals surface area contributed by atoms with Crippen LogP contribution < -0.4 is 16.0 Å². The predicted molar refractivity (Wildman–Crippen MR) is 173 cm³/mol. The summed E-state index contributed by atoms with van der Waals surface area (Å²) in [7, 11) is 0. The average Bonchev–Trinajstić information content (AvgIpc) is 3.70. The van der Waals surface area contributed by atoms with E-state index in [4.69, 9.17) is 11.6 Å². The number of carbonyl (C=O) groups is 3. The average molecular weight is 631 g/mol. The molecule has 5 aromatic rings. The van der Waals surface area contributed by atoms with Crippen LogP contribution in [0.4, 0.5) is 10.8 Å². The zero-order valence-corrected chi connectivity index (χ0v) is 25.1. The number of hydrogen-bond donors (Lipinski definition) is 3. The zero-order chi connectivity index (χ0) is 29.3. The lowest BCUT2D eigenvalue weighted by Gasteiger charge is -2.11. The van der Waals surface area contributed by atoms with Gasteiger partial charge in [0.25, 0.3) is 11.8 Å². The van der Waals surface area contributed by atoms with E-state index in [1.807, 2.05) is 52.5 Å². The van der Waals surface area contributed by atoms with Crippen molar-refractivity contribution in [3.63, 3.8) is 0 Å². The molecule has 0 aliphatic carbocycles. The molecule has 0 saturated heterocycles. The van der Waals surface area contributed by atoms with Crippen molar-refractivity contribution in [1.82, 2.24) is 10.3 Å². The van der Waals surface area contributed by atoms with Crippen molar-refractivity contribution in [3.05, 3.63) is 123 Å². The van der Waals surface area contributed by atoms with E-state index in [-0.39, 0.29) is 23.3 Å². The van der Waals surface area contributed by atoms with Crippen LogP contribution in [0.15, 0.2) is 112 Å². The molecule has 0 radical (unpaired) electrons. The molecule has 0 bridgehead atoms. The molecule has 0 aliphatic heterocycles. The molecule has 0 fully saturated rings. The van der Waals surface area contributed by atoms with Crippen molar-refractivity contribution in [3.8, 4) is 11.3 Å². The number of carbonyl (C=O) groups excluding carboxylic acids is 3. The molecule has 3 N–H and O–H groups in total. The van der Waals surface area contributed by atoms with Gasteiger partial charge in [0.1, 0.15) is 5.70 Å². The molecular formula is C31H23ClN4O3S3. The number of rotatable bonds is 10. The van der Waals surface area contributed by atoms with Gasteiger partial charge in [-0.3, -0.25) is 14.4 Å². The number of nitrogens with one attached hydrogen (secondary N) is 3. The number of thioether (sulfide) groups is 1. The number of thiophene rings is 1. The summed E-state index contributed by atoms with van der Waals surface area (Å²) in [6, 6.07) is 25.1. The van der Waals surface area contributed by atoms with Gasteiger partial charge in [0.05, 0.1) is 11.4 Å². The Kier molecular flexibility index (Phi) is 9.83. The molecule has 0 spiro atoms. The molecule has 0 saturated carbocycles. The number of benzene rings is 3. The lowest BCUT2D eigenvalue weighted by Crippen LogP contribution is -2.30. The minimum atomic E-state index is -0.452. The van der Waals surface area contributed by atoms with E-state index < -0.39 is 5.91 Å². The van der Waals surface area contributed by atoms with E-state index in [0.717, 1.165) is 21.7 Å². The molecule has 0 unspecified atom stereocenters. The molecular weight excluding hydrogens is 608 g/mol. The fraction of sp³-hybridized carbons (Fsp3) is 0.0323. The van der Waals surface area contributed by atoms with Gasteiger partial charge in [-0.1, -0.05) is 41.9 Å². The first kappa shape index (κ1) is 29.3. The normalized spacial score (nSPS) is 11.1. The number of amides is 3. The first-order valence-electron chi connectivity index (χ1n) is 12.6. The summed E-state index contributed by atoms with van der Waals surface area (Å²) in [4.78, 5) is 43.7. The second-order valence-corrected chi connectivity index (χ2v) is 11.9. The molecule has 0 atom stereocenters. The van der Waals surface area contributed by atoms with Crippen molar-refractivity contribution in [2.45, 2.75) is 4.90 Å². The number of nitrogens with zero attached hydrogens (tertiary/aromatic N) is 1. The summed E-state index contributed by atoms with van der Waals surface area (Å²) in [5, 5.41) is 15.2. The van der Waals surface area contributed by atoms with Crippen LogP contribution in [-0.2, 0) is 9.59 Å². The molecule has 2 aromatic heterocycles. The van der Waals surface area contributed by atoms with Crippen LogP contribution in [0, 0.1) is 0 Å². The van der Waals surface area contributed by atoms with Gasteiger partial charge < -0.3 is 16.0 Å². The third-order valence-corrected chi connectivity index (χ3v) is 8.48. The number of hydrogen-bond acceptors (Lipinski definition) is 7. The monoisotopic (exact) mass is 630 g/mol. The van der Waals surface area contributed by atoms with E-state index in [1.165, 1.54) is 34.4 Å². The Morgan fingerprint density at radius 2 is 1.64 bits per heavy atom. The molecule has 42 heavy (non-hydrogen) atoms. The number of anilines is 2. The minimum absolute atomic E-state index is 0.124. The topological polar surface area (TPSA) is 100 Å². The third kappa shape index (κ3) is 8.17. The van der Waals surface area contributed by atoms with E-state index in [9.17, 15) is 14.4 Å². The van der Waals surface area contributed by atoms with E-state index in [1.54, 1.807) is 54.6 Å². The molecule has 3 amide bonds. The second-order valence-electron chi connectivity index (χ2n) is 8.79. The Hall–Kier alpha value is -4.22. The third-order valence-electron chi connectivity index (χ3n) is 5.76. The maximum absolute atomic E-state index is 13.1.